The van der Waals surface area contributed by atoms with E-state index in [2.05, 4.69) is 0 Å². The Labute approximate surface area is 117 Å². The van der Waals surface area contributed by atoms with Gasteiger partial charge in [-0.2, -0.15) is 0 Å². The fourth-order valence-corrected chi connectivity index (χ4v) is 2.71. The third-order valence-corrected chi connectivity index (χ3v) is 4.02. The molecule has 0 aliphatic heterocycles. The molecular weight excluding hydrogens is 252 g/mol. The van der Waals surface area contributed by atoms with Crippen LogP contribution in [0, 0.1) is 5.92 Å². The standard InChI is InChI=1S/C17H16O3/c1-12-11-17(12,16(18)19)13-6-5-9-15(10-13)20-14-7-3-2-4-8-14/h2-10,12H,11H2,1H3,(H,18,19). The van der Waals surface area contributed by atoms with Gasteiger partial charge in [0.05, 0.1) is 5.41 Å². The van der Waals surface area contributed by atoms with Crippen LogP contribution < -0.4 is 4.74 Å². The minimum Gasteiger partial charge on any atom is -0.481 e. The zero-order chi connectivity index (χ0) is 14.2. The van der Waals surface area contributed by atoms with Crippen molar-refractivity contribution in [2.45, 2.75) is 18.8 Å². The van der Waals surface area contributed by atoms with Gasteiger partial charge in [0.15, 0.2) is 0 Å². The number of hydrogen-bond donors (Lipinski definition) is 1. The van der Waals surface area contributed by atoms with Crippen LogP contribution in [0.1, 0.15) is 18.9 Å². The first-order chi connectivity index (χ1) is 9.63. The van der Waals surface area contributed by atoms with Gasteiger partial charge >= 0.3 is 5.97 Å². The van der Waals surface area contributed by atoms with Crippen molar-refractivity contribution in [3.63, 3.8) is 0 Å². The molecule has 1 fully saturated rings. The van der Waals surface area contributed by atoms with Crippen LogP contribution in [0.2, 0.25) is 0 Å². The van der Waals surface area contributed by atoms with Crippen molar-refractivity contribution in [3.8, 4) is 11.5 Å². The van der Waals surface area contributed by atoms with Crippen LogP contribution in [-0.4, -0.2) is 11.1 Å². The van der Waals surface area contributed by atoms with Crippen LogP contribution >= 0.6 is 0 Å². The average Bonchev–Trinajstić information content (AvgIpc) is 3.13. The number of carboxylic acids is 1. The molecule has 0 spiro atoms. The van der Waals surface area contributed by atoms with Crippen molar-refractivity contribution < 1.29 is 14.6 Å². The van der Waals surface area contributed by atoms with Gasteiger partial charge in [-0.05, 0) is 42.2 Å². The van der Waals surface area contributed by atoms with Gasteiger partial charge in [0.2, 0.25) is 0 Å². The van der Waals surface area contributed by atoms with E-state index in [9.17, 15) is 9.90 Å². The van der Waals surface area contributed by atoms with Crippen LogP contribution in [-0.2, 0) is 10.2 Å². The molecule has 102 valence electrons. The van der Waals surface area contributed by atoms with Crippen molar-refractivity contribution in [1.82, 2.24) is 0 Å². The summed E-state index contributed by atoms with van der Waals surface area (Å²) in [6.07, 6.45) is 0.692. The second kappa shape index (κ2) is 4.67. The number of carboxylic acid groups (broad SMARTS) is 1. The largest absolute Gasteiger partial charge is 0.481 e. The first-order valence-electron chi connectivity index (χ1n) is 6.70. The maximum atomic E-state index is 11.5. The normalized spacial score (nSPS) is 24.1. The van der Waals surface area contributed by atoms with Crippen molar-refractivity contribution in [2.75, 3.05) is 0 Å². The number of aliphatic carboxylic acids is 1. The fourth-order valence-electron chi connectivity index (χ4n) is 2.71. The van der Waals surface area contributed by atoms with Gasteiger partial charge in [0, 0.05) is 0 Å². The maximum absolute atomic E-state index is 11.5. The van der Waals surface area contributed by atoms with Crippen molar-refractivity contribution in [1.29, 1.82) is 0 Å². The number of rotatable bonds is 4. The Balaban J connectivity index is 1.89. The highest BCUT2D eigenvalue weighted by atomic mass is 16.5. The molecule has 3 nitrogen and oxygen atoms in total. The highest BCUT2D eigenvalue weighted by Crippen LogP contribution is 2.54. The lowest BCUT2D eigenvalue weighted by atomic mass is 9.93. The van der Waals surface area contributed by atoms with Gasteiger partial charge < -0.3 is 9.84 Å². The topological polar surface area (TPSA) is 46.5 Å². The highest BCUT2D eigenvalue weighted by Gasteiger charge is 2.59. The molecule has 1 aliphatic carbocycles. The summed E-state index contributed by atoms with van der Waals surface area (Å²) in [7, 11) is 0. The van der Waals surface area contributed by atoms with E-state index in [-0.39, 0.29) is 5.92 Å². The molecule has 0 aromatic heterocycles. The van der Waals surface area contributed by atoms with Crippen LogP contribution in [0.25, 0.3) is 0 Å². The third kappa shape index (κ3) is 2.05. The summed E-state index contributed by atoms with van der Waals surface area (Å²) in [5, 5.41) is 9.47. The lowest BCUT2D eigenvalue weighted by molar-refractivity contribution is -0.140. The zero-order valence-corrected chi connectivity index (χ0v) is 11.2. The van der Waals surface area contributed by atoms with Gasteiger partial charge in [0.25, 0.3) is 0 Å². The molecule has 3 rings (SSSR count). The monoisotopic (exact) mass is 268 g/mol. The minimum atomic E-state index is -0.748. The molecule has 2 unspecified atom stereocenters. The summed E-state index contributed by atoms with van der Waals surface area (Å²) in [6, 6.07) is 16.9. The molecule has 2 atom stereocenters. The number of benzene rings is 2. The Bertz CT molecular complexity index is 636. The van der Waals surface area contributed by atoms with Crippen molar-refractivity contribution >= 4 is 5.97 Å². The quantitative estimate of drug-likeness (QED) is 0.916. The molecular formula is C17H16O3. The average molecular weight is 268 g/mol. The van der Waals surface area contributed by atoms with Gasteiger partial charge in [-0.1, -0.05) is 37.3 Å². The van der Waals surface area contributed by atoms with Crippen LogP contribution in [0.15, 0.2) is 54.6 Å². The number of carbonyl (C=O) groups is 1. The molecule has 1 N–H and O–H groups in total. The first-order valence-corrected chi connectivity index (χ1v) is 6.70. The number of ether oxygens (including phenoxy) is 1. The third-order valence-electron chi connectivity index (χ3n) is 4.02. The first kappa shape index (κ1) is 12.7. The van der Waals surface area contributed by atoms with E-state index in [1.165, 1.54) is 0 Å². The lowest BCUT2D eigenvalue weighted by Crippen LogP contribution is -2.21. The lowest BCUT2D eigenvalue weighted by Gasteiger charge is -2.13. The fraction of sp³-hybridized carbons (Fsp3) is 0.235. The van der Waals surface area contributed by atoms with Gasteiger partial charge in [-0.25, -0.2) is 0 Å². The smallest absolute Gasteiger partial charge is 0.314 e. The maximum Gasteiger partial charge on any atom is 0.314 e. The molecule has 1 aliphatic rings. The summed E-state index contributed by atoms with van der Waals surface area (Å²) in [5.74, 6) is 0.847. The summed E-state index contributed by atoms with van der Waals surface area (Å²) >= 11 is 0. The highest BCUT2D eigenvalue weighted by molar-refractivity contribution is 5.85. The van der Waals surface area contributed by atoms with Gasteiger partial charge in [-0.15, -0.1) is 0 Å². The molecule has 2 aromatic carbocycles. The Morgan fingerprint density at radius 1 is 1.15 bits per heavy atom. The Kier molecular flexibility index (Phi) is 2.97. The molecule has 2 aromatic rings. The van der Waals surface area contributed by atoms with E-state index in [0.717, 1.165) is 11.3 Å². The Morgan fingerprint density at radius 3 is 2.40 bits per heavy atom. The van der Waals surface area contributed by atoms with Crippen LogP contribution in [0.4, 0.5) is 0 Å². The van der Waals surface area contributed by atoms with Gasteiger partial charge in [-0.3, -0.25) is 4.79 Å². The zero-order valence-electron chi connectivity index (χ0n) is 11.2. The molecule has 0 radical (unpaired) electrons. The Morgan fingerprint density at radius 2 is 1.80 bits per heavy atom. The molecule has 0 heterocycles. The summed E-state index contributed by atoms with van der Waals surface area (Å²) in [5.41, 5.74) is 0.0988. The Hall–Kier alpha value is -2.29. The minimum absolute atomic E-state index is 0.173. The van der Waals surface area contributed by atoms with E-state index >= 15 is 0 Å². The summed E-state index contributed by atoms with van der Waals surface area (Å²) in [4.78, 5) is 11.5. The summed E-state index contributed by atoms with van der Waals surface area (Å²) in [6.45, 7) is 1.97. The predicted molar refractivity (Wildman–Crippen MR) is 76.1 cm³/mol. The second-order valence-corrected chi connectivity index (χ2v) is 5.32. The second-order valence-electron chi connectivity index (χ2n) is 5.32. The summed E-state index contributed by atoms with van der Waals surface area (Å²) < 4.78 is 5.76. The molecule has 0 saturated heterocycles. The van der Waals surface area contributed by atoms with E-state index in [1.807, 2.05) is 61.5 Å². The SMILES string of the molecule is CC1CC1(C(=O)O)c1cccc(Oc2ccccc2)c1. The molecule has 3 heteroatoms. The molecule has 1 saturated carbocycles. The predicted octanol–water partition coefficient (Wildman–Crippen LogP) is 3.84. The van der Waals surface area contributed by atoms with Gasteiger partial charge in [0.1, 0.15) is 11.5 Å². The van der Waals surface area contributed by atoms with E-state index in [0.29, 0.717) is 12.2 Å². The van der Waals surface area contributed by atoms with E-state index in [1.54, 1.807) is 0 Å². The van der Waals surface area contributed by atoms with E-state index in [4.69, 9.17) is 4.74 Å². The number of para-hydroxylation sites is 1. The van der Waals surface area contributed by atoms with Crippen molar-refractivity contribution in [3.05, 3.63) is 60.2 Å². The van der Waals surface area contributed by atoms with Crippen LogP contribution in [0.5, 0.6) is 11.5 Å². The van der Waals surface area contributed by atoms with Crippen molar-refractivity contribution in [2.24, 2.45) is 5.92 Å². The van der Waals surface area contributed by atoms with Crippen LogP contribution in [0.3, 0.4) is 0 Å². The molecule has 0 bridgehead atoms. The molecule has 20 heavy (non-hydrogen) atoms. The van der Waals surface area contributed by atoms with E-state index < -0.39 is 11.4 Å². The molecule has 0 amide bonds. The number of hydrogen-bond acceptors (Lipinski definition) is 2.